The zero-order valence-corrected chi connectivity index (χ0v) is 18.4. The van der Waals surface area contributed by atoms with Crippen LogP contribution in [0, 0.1) is 11.3 Å². The quantitative estimate of drug-likeness (QED) is 0.266. The fraction of sp³-hybridized carbons (Fsp3) is 0.0312. The predicted octanol–water partition coefficient (Wildman–Crippen LogP) is 7.70. The molecule has 0 saturated heterocycles. The van der Waals surface area contributed by atoms with Crippen molar-refractivity contribution in [2.45, 2.75) is 5.41 Å². The van der Waals surface area contributed by atoms with E-state index >= 15 is 0 Å². The minimum Gasteiger partial charge on any atom is -0.310 e. The largest absolute Gasteiger partial charge is 0.310 e. The summed E-state index contributed by atoms with van der Waals surface area (Å²) in [4.78, 5) is 2.33. The first kappa shape index (κ1) is 18.9. The van der Waals surface area contributed by atoms with Crippen molar-refractivity contribution in [1.29, 1.82) is 5.26 Å². The van der Waals surface area contributed by atoms with E-state index in [4.69, 9.17) is 0 Å². The number of nitrogens with zero attached hydrogens (tertiary/aromatic N) is 2. The molecule has 1 heterocycles. The summed E-state index contributed by atoms with van der Waals surface area (Å²) in [5.41, 5.74) is 11.5. The van der Waals surface area contributed by atoms with Gasteiger partial charge in [0.05, 0.1) is 28.4 Å². The van der Waals surface area contributed by atoms with Crippen LogP contribution in [0.15, 0.2) is 121 Å². The van der Waals surface area contributed by atoms with Gasteiger partial charge in [0.15, 0.2) is 0 Å². The maximum Gasteiger partial charge on any atom is 0.0991 e. The van der Waals surface area contributed by atoms with Crippen LogP contribution in [0.3, 0.4) is 0 Å². The molecule has 2 nitrogen and oxygen atoms in total. The molecule has 158 valence electrons. The molecule has 7 rings (SSSR count). The molecule has 2 aliphatic rings. The lowest BCUT2D eigenvalue weighted by atomic mass is 9.64. The normalized spacial score (nSPS) is 14.0. The van der Waals surface area contributed by atoms with Crippen LogP contribution in [-0.4, -0.2) is 0 Å². The second kappa shape index (κ2) is 6.94. The van der Waals surface area contributed by atoms with Crippen LogP contribution in [0.2, 0.25) is 0 Å². The number of benzene rings is 5. The van der Waals surface area contributed by atoms with Gasteiger partial charge < -0.3 is 4.90 Å². The summed E-state index contributed by atoms with van der Waals surface area (Å²) in [6.07, 6.45) is 0. The Morgan fingerprint density at radius 3 is 1.44 bits per heavy atom. The van der Waals surface area contributed by atoms with Crippen LogP contribution in [0.4, 0.5) is 17.1 Å². The van der Waals surface area contributed by atoms with Crippen molar-refractivity contribution >= 4 is 17.1 Å². The molecule has 5 aromatic carbocycles. The smallest absolute Gasteiger partial charge is 0.0991 e. The van der Waals surface area contributed by atoms with Gasteiger partial charge >= 0.3 is 0 Å². The molecule has 0 radical (unpaired) electrons. The number of para-hydroxylation sites is 2. The van der Waals surface area contributed by atoms with Gasteiger partial charge in [0.2, 0.25) is 0 Å². The van der Waals surface area contributed by atoms with E-state index in [0.717, 1.165) is 17.1 Å². The van der Waals surface area contributed by atoms with Crippen molar-refractivity contribution < 1.29 is 0 Å². The molecular formula is C32H20N2. The maximum absolute atomic E-state index is 9.32. The molecule has 2 heteroatoms. The lowest BCUT2D eigenvalue weighted by Crippen LogP contribution is -2.36. The summed E-state index contributed by atoms with van der Waals surface area (Å²) in [7, 11) is 0. The van der Waals surface area contributed by atoms with E-state index < -0.39 is 0 Å². The van der Waals surface area contributed by atoms with E-state index in [1.54, 1.807) is 0 Å². The van der Waals surface area contributed by atoms with Crippen LogP contribution >= 0.6 is 0 Å². The molecule has 0 amide bonds. The summed E-state index contributed by atoms with van der Waals surface area (Å²) in [5.74, 6) is 0. The highest BCUT2D eigenvalue weighted by Gasteiger charge is 2.51. The summed E-state index contributed by atoms with van der Waals surface area (Å²) in [6, 6.07) is 45.3. The van der Waals surface area contributed by atoms with Crippen molar-refractivity contribution in [2.75, 3.05) is 4.90 Å². The minimum atomic E-state index is -0.385. The molecule has 0 N–H and O–H groups in total. The second-order valence-electron chi connectivity index (χ2n) is 8.87. The Balaban J connectivity index is 1.62. The number of hydrogen-bond acceptors (Lipinski definition) is 2. The third kappa shape index (κ3) is 2.28. The molecule has 0 saturated carbocycles. The number of nitriles is 1. The Hall–Kier alpha value is -4.61. The third-order valence-corrected chi connectivity index (χ3v) is 7.30. The van der Waals surface area contributed by atoms with E-state index in [0.29, 0.717) is 5.56 Å². The first-order valence-corrected chi connectivity index (χ1v) is 11.5. The van der Waals surface area contributed by atoms with Gasteiger partial charge in [-0.15, -0.1) is 0 Å². The molecule has 1 aliphatic heterocycles. The maximum atomic E-state index is 9.32. The van der Waals surface area contributed by atoms with Crippen molar-refractivity contribution in [3.8, 4) is 17.2 Å². The van der Waals surface area contributed by atoms with Crippen LogP contribution in [0.1, 0.15) is 27.8 Å². The summed E-state index contributed by atoms with van der Waals surface area (Å²) in [5, 5.41) is 9.32. The topological polar surface area (TPSA) is 27.0 Å². The SMILES string of the molecule is N#Cc1ccc(N2c3ccccc3C3(c4ccccc4-c4ccccc43)c3ccccc32)cc1. The van der Waals surface area contributed by atoms with Gasteiger partial charge in [-0.1, -0.05) is 84.9 Å². The number of hydrogen-bond donors (Lipinski definition) is 0. The number of fused-ring (bicyclic) bond motifs is 9. The van der Waals surface area contributed by atoms with Crippen molar-refractivity contribution in [3.05, 3.63) is 149 Å². The molecule has 34 heavy (non-hydrogen) atoms. The Bertz CT molecular complexity index is 1530. The minimum absolute atomic E-state index is 0.385. The van der Waals surface area contributed by atoms with Crippen LogP contribution < -0.4 is 4.90 Å². The highest BCUT2D eigenvalue weighted by molar-refractivity contribution is 5.95. The van der Waals surface area contributed by atoms with Crippen molar-refractivity contribution in [3.63, 3.8) is 0 Å². The molecule has 5 aromatic rings. The lowest BCUT2D eigenvalue weighted by Gasteiger charge is -2.45. The van der Waals surface area contributed by atoms with Gasteiger partial charge in [-0.25, -0.2) is 0 Å². The van der Waals surface area contributed by atoms with Gasteiger partial charge in [0.1, 0.15) is 0 Å². The van der Waals surface area contributed by atoms with E-state index in [2.05, 4.69) is 108 Å². The molecule has 0 aromatic heterocycles. The zero-order valence-electron chi connectivity index (χ0n) is 18.4. The monoisotopic (exact) mass is 432 g/mol. The zero-order chi connectivity index (χ0) is 22.7. The Morgan fingerprint density at radius 2 is 0.941 bits per heavy atom. The van der Waals surface area contributed by atoms with Crippen molar-refractivity contribution in [2.24, 2.45) is 0 Å². The summed E-state index contributed by atoms with van der Waals surface area (Å²) in [6.45, 7) is 0. The molecule has 1 spiro atoms. The van der Waals surface area contributed by atoms with Gasteiger partial charge in [0.25, 0.3) is 0 Å². The van der Waals surface area contributed by atoms with E-state index in [1.165, 1.54) is 33.4 Å². The van der Waals surface area contributed by atoms with E-state index in [9.17, 15) is 5.26 Å². The molecule has 0 fully saturated rings. The summed E-state index contributed by atoms with van der Waals surface area (Å²) < 4.78 is 0. The molecule has 0 bridgehead atoms. The first-order valence-electron chi connectivity index (χ1n) is 11.5. The van der Waals surface area contributed by atoms with E-state index in [1.807, 2.05) is 24.3 Å². The molecular weight excluding hydrogens is 412 g/mol. The van der Waals surface area contributed by atoms with E-state index in [-0.39, 0.29) is 5.41 Å². The third-order valence-electron chi connectivity index (χ3n) is 7.30. The summed E-state index contributed by atoms with van der Waals surface area (Å²) >= 11 is 0. The highest BCUT2D eigenvalue weighted by Crippen LogP contribution is 2.63. The second-order valence-corrected chi connectivity index (χ2v) is 8.87. The fourth-order valence-corrected chi connectivity index (χ4v) is 6.02. The number of rotatable bonds is 1. The Kier molecular flexibility index (Phi) is 3.86. The van der Waals surface area contributed by atoms with Crippen LogP contribution in [-0.2, 0) is 5.41 Å². The van der Waals surface area contributed by atoms with Gasteiger partial charge in [-0.3, -0.25) is 0 Å². The number of anilines is 3. The average molecular weight is 433 g/mol. The highest BCUT2D eigenvalue weighted by atomic mass is 15.2. The first-order chi connectivity index (χ1) is 16.8. The molecule has 0 unspecified atom stereocenters. The molecule has 1 aliphatic carbocycles. The van der Waals surface area contributed by atoms with Gasteiger partial charge in [-0.2, -0.15) is 5.26 Å². The Labute approximate surface area is 199 Å². The predicted molar refractivity (Wildman–Crippen MR) is 137 cm³/mol. The standard InChI is InChI=1S/C32H20N2/c33-21-22-17-19-23(20-18-22)34-30-15-7-5-13-28(30)32(29-14-6-8-16-31(29)34)26-11-3-1-9-24(26)25-10-2-4-12-27(25)32/h1-20H. The Morgan fingerprint density at radius 1 is 0.500 bits per heavy atom. The van der Waals surface area contributed by atoms with Crippen LogP contribution in [0.5, 0.6) is 0 Å². The molecule has 0 atom stereocenters. The van der Waals surface area contributed by atoms with Crippen molar-refractivity contribution in [1.82, 2.24) is 0 Å². The van der Waals surface area contributed by atoms with Gasteiger partial charge in [0, 0.05) is 5.69 Å². The fourth-order valence-electron chi connectivity index (χ4n) is 6.02. The lowest BCUT2D eigenvalue weighted by molar-refractivity contribution is 0.752. The average Bonchev–Trinajstić information content (AvgIpc) is 3.21. The van der Waals surface area contributed by atoms with Crippen LogP contribution in [0.25, 0.3) is 11.1 Å². The van der Waals surface area contributed by atoms with Gasteiger partial charge in [-0.05, 0) is 69.8 Å².